The van der Waals surface area contributed by atoms with Gasteiger partial charge in [0, 0.05) is 24.6 Å². The first-order valence-corrected chi connectivity index (χ1v) is 10.1. The van der Waals surface area contributed by atoms with E-state index in [9.17, 15) is 9.59 Å². The molecule has 0 radical (unpaired) electrons. The molecular weight excluding hydrogens is 340 g/mol. The van der Waals surface area contributed by atoms with E-state index in [1.807, 2.05) is 23.1 Å². The number of piperidine rings is 1. The van der Waals surface area contributed by atoms with Gasteiger partial charge in [0.25, 0.3) is 0 Å². The van der Waals surface area contributed by atoms with Crippen LogP contribution in [0.5, 0.6) is 0 Å². The lowest BCUT2D eigenvalue weighted by Gasteiger charge is -2.53. The lowest BCUT2D eigenvalue weighted by atomic mass is 9.55. The third-order valence-corrected chi connectivity index (χ3v) is 7.71. The van der Waals surface area contributed by atoms with Crippen LogP contribution in [0.3, 0.4) is 0 Å². The first kappa shape index (κ1) is 16.0. The minimum atomic E-state index is -0.580. The number of carbonyl (C=O) groups excluding carboxylic acids is 2. The maximum atomic E-state index is 13.8. The Morgan fingerprint density at radius 1 is 1.19 bits per heavy atom. The predicted molar refractivity (Wildman–Crippen MR) is 101 cm³/mol. The molecule has 1 amide bonds. The number of ketones is 1. The minimum Gasteiger partial charge on any atom is -0.373 e. The fourth-order valence-corrected chi connectivity index (χ4v) is 6.64. The summed E-state index contributed by atoms with van der Waals surface area (Å²) < 4.78 is 6.20. The second-order valence-electron chi connectivity index (χ2n) is 8.85. The summed E-state index contributed by atoms with van der Waals surface area (Å²) in [4.78, 5) is 31.3. The summed E-state index contributed by atoms with van der Waals surface area (Å²) in [6, 6.07) is 8.01. The van der Waals surface area contributed by atoms with Crippen LogP contribution in [0.2, 0.25) is 0 Å². The fraction of sp³-hybridized carbons (Fsp3) is 0.545. The number of anilines is 1. The third kappa shape index (κ3) is 1.87. The van der Waals surface area contributed by atoms with Crippen LogP contribution in [-0.2, 0) is 19.7 Å². The molecule has 1 spiro atoms. The molecule has 5 atom stereocenters. The van der Waals surface area contributed by atoms with Gasteiger partial charge in [0.05, 0.1) is 30.6 Å². The van der Waals surface area contributed by atoms with Crippen molar-refractivity contribution in [3.05, 3.63) is 41.5 Å². The molecule has 27 heavy (non-hydrogen) atoms. The van der Waals surface area contributed by atoms with Crippen molar-refractivity contribution < 1.29 is 14.3 Å². The molecule has 0 N–H and O–H groups in total. The van der Waals surface area contributed by atoms with E-state index in [1.54, 1.807) is 0 Å². The number of likely N-dealkylation sites (N-methyl/N-ethyl adjacent to an activating group) is 1. The molecule has 1 aromatic carbocycles. The SMILES string of the molecule is CN1CC[C@@]23C(=O)C[C@@H]4C(=CCO[C@@H]5CC(=O)N(c6ccccc62)[C@@H]3[C@H]45)C1. The van der Waals surface area contributed by atoms with Crippen molar-refractivity contribution in [1.29, 1.82) is 0 Å². The third-order valence-electron chi connectivity index (χ3n) is 7.71. The van der Waals surface area contributed by atoms with E-state index in [0.717, 1.165) is 30.8 Å². The highest BCUT2D eigenvalue weighted by molar-refractivity contribution is 6.06. The van der Waals surface area contributed by atoms with Crippen molar-refractivity contribution in [2.24, 2.45) is 11.8 Å². The Bertz CT molecular complexity index is 893. The first-order valence-electron chi connectivity index (χ1n) is 10.1. The van der Waals surface area contributed by atoms with Crippen LogP contribution in [-0.4, -0.2) is 55.5 Å². The van der Waals surface area contributed by atoms with Crippen molar-refractivity contribution in [2.45, 2.75) is 36.8 Å². The van der Waals surface area contributed by atoms with Gasteiger partial charge in [-0.15, -0.1) is 0 Å². The number of Topliss-reactive ketones (excluding diaryl/α,β-unsaturated/α-hetero) is 1. The number of hydrogen-bond donors (Lipinski definition) is 0. The molecule has 5 aliphatic heterocycles. The number of amides is 1. The lowest BCUT2D eigenvalue weighted by molar-refractivity contribution is -0.140. The Kier molecular flexibility index (Phi) is 3.14. The smallest absolute Gasteiger partial charge is 0.229 e. The molecule has 7 rings (SSSR count). The Hall–Kier alpha value is -1.98. The predicted octanol–water partition coefficient (Wildman–Crippen LogP) is 1.91. The molecule has 3 saturated heterocycles. The van der Waals surface area contributed by atoms with Crippen LogP contribution < -0.4 is 4.90 Å². The zero-order valence-electron chi connectivity index (χ0n) is 15.6. The molecule has 0 unspecified atom stereocenters. The normalized spacial score (nSPS) is 40.0. The molecule has 1 aromatic rings. The van der Waals surface area contributed by atoms with Crippen molar-refractivity contribution in [3.8, 4) is 0 Å². The fourth-order valence-electron chi connectivity index (χ4n) is 6.64. The molecular formula is C22H24N2O3. The van der Waals surface area contributed by atoms with E-state index < -0.39 is 5.41 Å². The molecule has 4 fully saturated rings. The van der Waals surface area contributed by atoms with E-state index in [-0.39, 0.29) is 29.9 Å². The van der Waals surface area contributed by atoms with E-state index in [4.69, 9.17) is 4.74 Å². The summed E-state index contributed by atoms with van der Waals surface area (Å²) in [5.41, 5.74) is 2.78. The standard InChI is InChI=1S/C22H24N2O3/c1-23-8-7-22-15-4-2-3-5-16(15)24-19(26)11-17-20(21(22)24)14(10-18(22)25)13(12-23)6-9-27-17/h2-6,14,17,20-21H,7-12H2,1H3/t14-,17-,20-,21-,22+/m1/s1. The van der Waals surface area contributed by atoms with Crippen LogP contribution in [0, 0.1) is 11.8 Å². The quantitative estimate of drug-likeness (QED) is 0.660. The number of para-hydroxylation sites is 1. The summed E-state index contributed by atoms with van der Waals surface area (Å²) in [5, 5.41) is 0. The average Bonchev–Trinajstić information content (AvgIpc) is 2.90. The van der Waals surface area contributed by atoms with Gasteiger partial charge in [0.15, 0.2) is 0 Å². The van der Waals surface area contributed by atoms with E-state index in [1.165, 1.54) is 5.57 Å². The zero-order chi connectivity index (χ0) is 18.3. The molecule has 4 bridgehead atoms. The summed E-state index contributed by atoms with van der Waals surface area (Å²) >= 11 is 0. The van der Waals surface area contributed by atoms with Crippen LogP contribution in [0.1, 0.15) is 24.8 Å². The summed E-state index contributed by atoms with van der Waals surface area (Å²) in [6.45, 7) is 2.30. The van der Waals surface area contributed by atoms with Gasteiger partial charge in [-0.25, -0.2) is 0 Å². The molecule has 0 aromatic heterocycles. The Morgan fingerprint density at radius 3 is 2.93 bits per heavy atom. The number of benzene rings is 1. The molecule has 5 heterocycles. The van der Waals surface area contributed by atoms with Crippen molar-refractivity contribution in [1.82, 2.24) is 4.90 Å². The monoisotopic (exact) mass is 364 g/mol. The Balaban J connectivity index is 1.66. The van der Waals surface area contributed by atoms with Gasteiger partial charge in [0.1, 0.15) is 5.78 Å². The molecule has 140 valence electrons. The number of nitrogens with zero attached hydrogens (tertiary/aromatic N) is 2. The summed E-state index contributed by atoms with van der Waals surface area (Å²) in [5.74, 6) is 0.821. The number of carbonyl (C=O) groups is 2. The van der Waals surface area contributed by atoms with E-state index >= 15 is 0 Å². The molecule has 1 saturated carbocycles. The highest BCUT2D eigenvalue weighted by Crippen LogP contribution is 2.60. The number of hydrogen-bond acceptors (Lipinski definition) is 4. The van der Waals surface area contributed by atoms with E-state index in [2.05, 4.69) is 24.1 Å². The van der Waals surface area contributed by atoms with Crippen LogP contribution in [0.4, 0.5) is 5.69 Å². The van der Waals surface area contributed by atoms with Gasteiger partial charge in [0.2, 0.25) is 5.91 Å². The minimum absolute atomic E-state index is 0.0808. The second-order valence-corrected chi connectivity index (χ2v) is 8.85. The molecule has 1 aliphatic carbocycles. The highest BCUT2D eigenvalue weighted by atomic mass is 16.5. The van der Waals surface area contributed by atoms with Gasteiger partial charge in [-0.3, -0.25) is 9.59 Å². The van der Waals surface area contributed by atoms with Crippen molar-refractivity contribution >= 4 is 17.4 Å². The Labute approximate surface area is 159 Å². The van der Waals surface area contributed by atoms with Gasteiger partial charge >= 0.3 is 0 Å². The molecule has 5 nitrogen and oxygen atoms in total. The molecule has 5 heteroatoms. The van der Waals surface area contributed by atoms with Gasteiger partial charge < -0.3 is 14.5 Å². The average molecular weight is 364 g/mol. The second kappa shape index (κ2) is 5.30. The van der Waals surface area contributed by atoms with Gasteiger partial charge in [-0.1, -0.05) is 29.8 Å². The maximum absolute atomic E-state index is 13.8. The lowest BCUT2D eigenvalue weighted by Crippen LogP contribution is -2.66. The number of rotatable bonds is 0. The highest BCUT2D eigenvalue weighted by Gasteiger charge is 2.67. The maximum Gasteiger partial charge on any atom is 0.229 e. The number of fused-ring (bicyclic) bond motifs is 6. The van der Waals surface area contributed by atoms with Crippen molar-refractivity contribution in [2.75, 3.05) is 31.6 Å². The topological polar surface area (TPSA) is 49.9 Å². The zero-order valence-corrected chi connectivity index (χ0v) is 15.6. The van der Waals surface area contributed by atoms with Gasteiger partial charge in [-0.05, 0) is 37.6 Å². The largest absolute Gasteiger partial charge is 0.373 e. The van der Waals surface area contributed by atoms with Crippen molar-refractivity contribution in [3.63, 3.8) is 0 Å². The van der Waals surface area contributed by atoms with E-state index in [0.29, 0.717) is 25.2 Å². The van der Waals surface area contributed by atoms with Crippen LogP contribution in [0.25, 0.3) is 0 Å². The summed E-state index contributed by atoms with van der Waals surface area (Å²) in [7, 11) is 2.14. The summed E-state index contributed by atoms with van der Waals surface area (Å²) in [6.07, 6.45) is 3.88. The van der Waals surface area contributed by atoms with Crippen LogP contribution >= 0.6 is 0 Å². The number of ether oxygens (including phenoxy) is 1. The van der Waals surface area contributed by atoms with Crippen LogP contribution in [0.15, 0.2) is 35.9 Å². The first-order chi connectivity index (χ1) is 13.1. The van der Waals surface area contributed by atoms with Gasteiger partial charge in [-0.2, -0.15) is 0 Å². The molecule has 6 aliphatic rings. The Morgan fingerprint density at radius 2 is 2.04 bits per heavy atom.